The first kappa shape index (κ1) is 25.7. The van der Waals surface area contributed by atoms with Crippen molar-refractivity contribution in [1.82, 2.24) is 19.9 Å². The molecule has 1 atom stereocenters. The highest BCUT2D eigenvalue weighted by Gasteiger charge is 2.24. The standard InChI is InChI=1S/C27H26ClN5O5/c28-21-12-18(7-8-23(21)37-15-19-4-1-2-9-29-19)32-27-26-22(30-17-31-27)5-3-6-24(26)38-16-20-13-33(10-11-36-20)25(35)14-34/h1-9,12,17,20,34H,10-11,13-16H2,(H,30,31,32). The first-order valence-corrected chi connectivity index (χ1v) is 12.4. The predicted octanol–water partition coefficient (Wildman–Crippen LogP) is 3.60. The Morgan fingerprint density at radius 1 is 1.11 bits per heavy atom. The number of nitrogens with one attached hydrogen (secondary N) is 1. The zero-order valence-electron chi connectivity index (χ0n) is 20.4. The predicted molar refractivity (Wildman–Crippen MR) is 142 cm³/mol. The first-order chi connectivity index (χ1) is 18.6. The second-order valence-corrected chi connectivity index (χ2v) is 8.96. The third-order valence-electron chi connectivity index (χ3n) is 5.97. The zero-order valence-corrected chi connectivity index (χ0v) is 21.2. The molecule has 5 rings (SSSR count). The van der Waals surface area contributed by atoms with E-state index in [0.29, 0.717) is 65.2 Å². The number of aliphatic hydroxyl groups is 1. The number of halogens is 1. The Balaban J connectivity index is 1.30. The highest BCUT2D eigenvalue weighted by atomic mass is 35.5. The van der Waals surface area contributed by atoms with Crippen molar-refractivity contribution < 1.29 is 24.1 Å². The fraction of sp³-hybridized carbons (Fsp3) is 0.259. The first-order valence-electron chi connectivity index (χ1n) is 12.1. The normalized spacial score (nSPS) is 15.3. The Kier molecular flexibility index (Phi) is 8.12. The largest absolute Gasteiger partial charge is 0.490 e. The van der Waals surface area contributed by atoms with Crippen molar-refractivity contribution in [2.75, 3.05) is 38.2 Å². The Morgan fingerprint density at radius 2 is 2.03 bits per heavy atom. The van der Waals surface area contributed by atoms with Crippen LogP contribution in [0.4, 0.5) is 11.5 Å². The Bertz CT molecular complexity index is 1400. The summed E-state index contributed by atoms with van der Waals surface area (Å²) in [5.41, 5.74) is 2.21. The molecule has 2 aromatic heterocycles. The molecule has 1 saturated heterocycles. The summed E-state index contributed by atoms with van der Waals surface area (Å²) in [4.78, 5) is 26.5. The molecule has 196 valence electrons. The maximum Gasteiger partial charge on any atom is 0.248 e. The van der Waals surface area contributed by atoms with Crippen LogP contribution in [0, 0.1) is 0 Å². The lowest BCUT2D eigenvalue weighted by molar-refractivity contribution is -0.142. The number of amides is 1. The monoisotopic (exact) mass is 535 g/mol. The van der Waals surface area contributed by atoms with Crippen LogP contribution < -0.4 is 14.8 Å². The van der Waals surface area contributed by atoms with Crippen LogP contribution in [0.5, 0.6) is 11.5 Å². The van der Waals surface area contributed by atoms with E-state index < -0.39 is 6.61 Å². The van der Waals surface area contributed by atoms with E-state index in [4.69, 9.17) is 30.9 Å². The third-order valence-corrected chi connectivity index (χ3v) is 6.27. The van der Waals surface area contributed by atoms with Gasteiger partial charge in [-0.25, -0.2) is 9.97 Å². The molecule has 10 nitrogen and oxygen atoms in total. The van der Waals surface area contributed by atoms with Gasteiger partial charge in [0.05, 0.1) is 34.8 Å². The lowest BCUT2D eigenvalue weighted by Crippen LogP contribution is -2.48. The lowest BCUT2D eigenvalue weighted by atomic mass is 10.2. The molecule has 2 aromatic carbocycles. The minimum atomic E-state index is -0.523. The van der Waals surface area contributed by atoms with Gasteiger partial charge in [-0.1, -0.05) is 23.7 Å². The quantitative estimate of drug-likeness (QED) is 0.331. The van der Waals surface area contributed by atoms with Crippen molar-refractivity contribution in [3.8, 4) is 11.5 Å². The molecular weight excluding hydrogens is 510 g/mol. The number of carbonyl (C=O) groups excluding carboxylic acids is 1. The molecule has 3 heterocycles. The van der Waals surface area contributed by atoms with Gasteiger partial charge in [0, 0.05) is 18.4 Å². The van der Waals surface area contributed by atoms with Crippen molar-refractivity contribution in [2.24, 2.45) is 0 Å². The zero-order chi connectivity index (χ0) is 26.3. The SMILES string of the molecule is O=C(CO)N1CCOC(COc2cccc3ncnc(Nc4ccc(OCc5ccccn5)c(Cl)c4)c23)C1. The molecule has 11 heteroatoms. The summed E-state index contributed by atoms with van der Waals surface area (Å²) in [6, 6.07) is 16.6. The van der Waals surface area contributed by atoms with E-state index in [1.54, 1.807) is 23.2 Å². The highest BCUT2D eigenvalue weighted by molar-refractivity contribution is 6.32. The van der Waals surface area contributed by atoms with Gasteiger partial charge in [0.2, 0.25) is 5.91 Å². The number of pyridine rings is 1. The number of hydrogen-bond acceptors (Lipinski definition) is 9. The van der Waals surface area contributed by atoms with Crippen molar-refractivity contribution in [2.45, 2.75) is 12.7 Å². The van der Waals surface area contributed by atoms with E-state index in [1.165, 1.54) is 6.33 Å². The van der Waals surface area contributed by atoms with Gasteiger partial charge >= 0.3 is 0 Å². The van der Waals surface area contributed by atoms with E-state index in [0.717, 1.165) is 5.69 Å². The smallest absolute Gasteiger partial charge is 0.248 e. The van der Waals surface area contributed by atoms with Gasteiger partial charge in [-0.3, -0.25) is 9.78 Å². The number of nitrogens with zero attached hydrogens (tertiary/aromatic N) is 4. The fourth-order valence-corrected chi connectivity index (χ4v) is 4.33. The highest BCUT2D eigenvalue weighted by Crippen LogP contribution is 2.34. The van der Waals surface area contributed by atoms with E-state index >= 15 is 0 Å². The van der Waals surface area contributed by atoms with Crippen LogP contribution in [0.15, 0.2) is 67.1 Å². The molecule has 38 heavy (non-hydrogen) atoms. The van der Waals surface area contributed by atoms with Gasteiger partial charge in [-0.05, 0) is 42.5 Å². The Morgan fingerprint density at radius 3 is 2.84 bits per heavy atom. The number of rotatable bonds is 9. The summed E-state index contributed by atoms with van der Waals surface area (Å²) in [6.45, 7) is 1.18. The molecule has 2 N–H and O–H groups in total. The summed E-state index contributed by atoms with van der Waals surface area (Å²) in [5, 5.41) is 13.6. The summed E-state index contributed by atoms with van der Waals surface area (Å²) in [5.74, 6) is 1.34. The Labute approximate surface area is 224 Å². The minimum absolute atomic E-state index is 0.219. The summed E-state index contributed by atoms with van der Waals surface area (Å²) in [6.07, 6.45) is 2.86. The van der Waals surface area contributed by atoms with E-state index in [1.807, 2.05) is 42.5 Å². The Hall–Kier alpha value is -3.99. The van der Waals surface area contributed by atoms with E-state index in [9.17, 15) is 4.79 Å². The topological polar surface area (TPSA) is 119 Å². The minimum Gasteiger partial charge on any atom is -0.490 e. The summed E-state index contributed by atoms with van der Waals surface area (Å²) >= 11 is 6.49. The second kappa shape index (κ2) is 12.0. The van der Waals surface area contributed by atoms with Crippen LogP contribution in [0.2, 0.25) is 5.02 Å². The van der Waals surface area contributed by atoms with Gasteiger partial charge < -0.3 is 29.5 Å². The molecule has 0 bridgehead atoms. The van der Waals surface area contributed by atoms with E-state index in [2.05, 4.69) is 20.3 Å². The van der Waals surface area contributed by atoms with Crippen LogP contribution in [-0.2, 0) is 16.1 Å². The van der Waals surface area contributed by atoms with Crippen LogP contribution in [0.1, 0.15) is 5.69 Å². The number of carbonyl (C=O) groups is 1. The average molecular weight is 536 g/mol. The summed E-state index contributed by atoms with van der Waals surface area (Å²) in [7, 11) is 0. The summed E-state index contributed by atoms with van der Waals surface area (Å²) < 4.78 is 17.7. The molecule has 1 aliphatic rings. The second-order valence-electron chi connectivity index (χ2n) is 8.55. The van der Waals surface area contributed by atoms with Gasteiger partial charge in [0.25, 0.3) is 0 Å². The van der Waals surface area contributed by atoms with Crippen LogP contribution in [0.3, 0.4) is 0 Å². The number of ether oxygens (including phenoxy) is 3. The molecule has 0 radical (unpaired) electrons. The lowest BCUT2D eigenvalue weighted by Gasteiger charge is -2.32. The maximum absolute atomic E-state index is 11.9. The molecular formula is C27H26ClN5O5. The van der Waals surface area contributed by atoms with Gasteiger partial charge in [-0.15, -0.1) is 0 Å². The van der Waals surface area contributed by atoms with Crippen LogP contribution in [0.25, 0.3) is 10.9 Å². The van der Waals surface area contributed by atoms with Crippen LogP contribution in [-0.4, -0.2) is 69.9 Å². The number of aromatic nitrogens is 3. The number of morpholine rings is 1. The average Bonchev–Trinajstić information content (AvgIpc) is 2.96. The molecule has 1 fully saturated rings. The maximum atomic E-state index is 11.9. The van der Waals surface area contributed by atoms with Gasteiger partial charge in [0.1, 0.15) is 49.6 Å². The van der Waals surface area contributed by atoms with Crippen molar-refractivity contribution in [1.29, 1.82) is 0 Å². The van der Waals surface area contributed by atoms with Crippen molar-refractivity contribution in [3.63, 3.8) is 0 Å². The number of aliphatic hydroxyl groups excluding tert-OH is 1. The molecule has 1 aliphatic heterocycles. The van der Waals surface area contributed by atoms with Crippen molar-refractivity contribution in [3.05, 3.63) is 77.8 Å². The molecule has 1 amide bonds. The number of fused-ring (bicyclic) bond motifs is 1. The van der Waals surface area contributed by atoms with E-state index in [-0.39, 0.29) is 18.6 Å². The third kappa shape index (κ3) is 6.10. The number of anilines is 2. The van der Waals surface area contributed by atoms with Crippen molar-refractivity contribution >= 4 is 39.9 Å². The molecule has 0 saturated carbocycles. The van der Waals surface area contributed by atoms with Gasteiger partial charge in [0.15, 0.2) is 0 Å². The molecule has 4 aromatic rings. The fourth-order valence-electron chi connectivity index (χ4n) is 4.09. The molecule has 0 spiro atoms. The number of hydrogen-bond donors (Lipinski definition) is 2. The molecule has 0 aliphatic carbocycles. The van der Waals surface area contributed by atoms with Crippen LogP contribution >= 0.6 is 11.6 Å². The number of benzene rings is 2. The molecule has 1 unspecified atom stereocenters. The van der Waals surface area contributed by atoms with Gasteiger partial charge in [-0.2, -0.15) is 0 Å².